The highest BCUT2D eigenvalue weighted by molar-refractivity contribution is 7.91. The van der Waals surface area contributed by atoms with Gasteiger partial charge in [-0.1, -0.05) is 23.7 Å². The van der Waals surface area contributed by atoms with Crippen molar-refractivity contribution in [2.45, 2.75) is 17.1 Å². The summed E-state index contributed by atoms with van der Waals surface area (Å²) in [5.41, 5.74) is 1.35. The number of anilines is 2. The predicted molar refractivity (Wildman–Crippen MR) is 110 cm³/mol. The van der Waals surface area contributed by atoms with Gasteiger partial charge in [-0.3, -0.25) is 4.79 Å². The van der Waals surface area contributed by atoms with Gasteiger partial charge in [0.25, 0.3) is 10.0 Å². The Morgan fingerprint density at radius 1 is 1.30 bits per heavy atom. The van der Waals surface area contributed by atoms with Gasteiger partial charge in [0.15, 0.2) is 0 Å². The number of carbonyl (C=O) groups is 1. The molecule has 27 heavy (non-hydrogen) atoms. The van der Waals surface area contributed by atoms with Gasteiger partial charge in [0.1, 0.15) is 4.21 Å². The second kappa shape index (κ2) is 8.18. The second-order valence-electron chi connectivity index (χ2n) is 6.65. The number of hydrogen-bond acceptors (Lipinski definition) is 5. The molecule has 2 aromatic rings. The van der Waals surface area contributed by atoms with Gasteiger partial charge in [-0.05, 0) is 36.4 Å². The summed E-state index contributed by atoms with van der Waals surface area (Å²) in [5, 5.41) is 5.21. The zero-order valence-corrected chi connectivity index (χ0v) is 17.6. The summed E-state index contributed by atoms with van der Waals surface area (Å²) in [4.78, 5) is 14.7. The molecule has 1 aliphatic heterocycles. The van der Waals surface area contributed by atoms with E-state index in [4.69, 9.17) is 11.6 Å². The topological polar surface area (TPSA) is 69.7 Å². The number of nitrogens with zero attached hydrogens (tertiary/aromatic N) is 2. The van der Waals surface area contributed by atoms with Crippen LogP contribution < -0.4 is 10.2 Å². The molecule has 0 bridgehead atoms. The molecular weight excluding hydrogens is 406 g/mol. The molecule has 9 heteroatoms. The van der Waals surface area contributed by atoms with Gasteiger partial charge in [-0.25, -0.2) is 8.42 Å². The third-order valence-electron chi connectivity index (χ3n) is 4.54. The molecule has 1 saturated heterocycles. The molecule has 1 unspecified atom stereocenters. The number of carbonyl (C=O) groups excluding carboxylic acids is 1. The fourth-order valence-electron chi connectivity index (χ4n) is 3.22. The van der Waals surface area contributed by atoms with Crippen LogP contribution in [0.15, 0.2) is 39.9 Å². The van der Waals surface area contributed by atoms with Gasteiger partial charge in [-0.15, -0.1) is 11.3 Å². The van der Waals surface area contributed by atoms with Crippen LogP contribution in [0, 0.1) is 5.92 Å². The summed E-state index contributed by atoms with van der Waals surface area (Å²) >= 11 is 7.45. The fourth-order valence-corrected chi connectivity index (χ4v) is 6.23. The SMILES string of the molecule is CN(C)c1c(Cl)cccc1NC(=O)C1CCCN(S(=O)(=O)c2cccs2)C1. The Morgan fingerprint density at radius 3 is 2.74 bits per heavy atom. The number of thiophene rings is 1. The van der Waals surface area contributed by atoms with E-state index in [-0.39, 0.29) is 12.5 Å². The van der Waals surface area contributed by atoms with Crippen LogP contribution in [0.4, 0.5) is 11.4 Å². The van der Waals surface area contributed by atoms with Crippen LogP contribution in [0.2, 0.25) is 5.02 Å². The van der Waals surface area contributed by atoms with E-state index in [0.717, 1.165) is 5.69 Å². The first-order valence-electron chi connectivity index (χ1n) is 8.61. The maximum absolute atomic E-state index is 12.8. The number of hydrogen-bond donors (Lipinski definition) is 1. The quantitative estimate of drug-likeness (QED) is 0.792. The number of piperidine rings is 1. The lowest BCUT2D eigenvalue weighted by atomic mass is 9.98. The van der Waals surface area contributed by atoms with E-state index in [1.54, 1.807) is 35.7 Å². The van der Waals surface area contributed by atoms with Crippen LogP contribution in [0.5, 0.6) is 0 Å². The summed E-state index contributed by atoms with van der Waals surface area (Å²) in [6.07, 6.45) is 1.30. The molecule has 1 aromatic heterocycles. The van der Waals surface area contributed by atoms with Gasteiger partial charge >= 0.3 is 0 Å². The molecule has 0 aliphatic carbocycles. The first kappa shape index (κ1) is 20.1. The second-order valence-corrected chi connectivity index (χ2v) is 10.2. The third kappa shape index (κ3) is 4.29. The molecule has 146 valence electrons. The van der Waals surface area contributed by atoms with Crippen molar-refractivity contribution < 1.29 is 13.2 Å². The summed E-state index contributed by atoms with van der Waals surface area (Å²) < 4.78 is 27.2. The van der Waals surface area contributed by atoms with E-state index in [1.165, 1.54) is 15.6 Å². The van der Waals surface area contributed by atoms with E-state index >= 15 is 0 Å². The third-order valence-corrected chi connectivity index (χ3v) is 8.08. The normalized spacial score (nSPS) is 18.3. The number of halogens is 1. The van der Waals surface area contributed by atoms with Gasteiger partial charge in [0.05, 0.1) is 22.3 Å². The molecule has 0 spiro atoms. The summed E-state index contributed by atoms with van der Waals surface area (Å²) in [6, 6.07) is 8.65. The zero-order valence-electron chi connectivity index (χ0n) is 15.2. The van der Waals surface area contributed by atoms with Crippen molar-refractivity contribution in [3.8, 4) is 0 Å². The minimum Gasteiger partial charge on any atom is -0.375 e. The van der Waals surface area contributed by atoms with E-state index in [9.17, 15) is 13.2 Å². The fraction of sp³-hybridized carbons (Fsp3) is 0.389. The molecule has 6 nitrogen and oxygen atoms in total. The molecule has 1 N–H and O–H groups in total. The van der Waals surface area contributed by atoms with E-state index in [2.05, 4.69) is 5.32 Å². The first-order chi connectivity index (χ1) is 12.8. The van der Waals surface area contributed by atoms with Crippen LogP contribution in [-0.2, 0) is 14.8 Å². The van der Waals surface area contributed by atoms with Crippen LogP contribution >= 0.6 is 22.9 Å². The Labute approximate surface area is 168 Å². The molecular formula is C18H22ClN3O3S2. The predicted octanol–water partition coefficient (Wildman–Crippen LogP) is 3.51. The van der Waals surface area contributed by atoms with Crippen LogP contribution in [0.25, 0.3) is 0 Å². The van der Waals surface area contributed by atoms with Crippen molar-refractivity contribution >= 4 is 50.2 Å². The Hall–Kier alpha value is -1.61. The maximum atomic E-state index is 12.8. The van der Waals surface area contributed by atoms with Crippen LogP contribution in [0.3, 0.4) is 0 Å². The van der Waals surface area contributed by atoms with Crippen molar-refractivity contribution in [3.05, 3.63) is 40.7 Å². The van der Waals surface area contributed by atoms with Crippen LogP contribution in [0.1, 0.15) is 12.8 Å². The molecule has 1 amide bonds. The van der Waals surface area contributed by atoms with Crippen molar-refractivity contribution in [1.82, 2.24) is 4.31 Å². The Balaban J connectivity index is 1.76. The highest BCUT2D eigenvalue weighted by Gasteiger charge is 2.34. The van der Waals surface area contributed by atoms with Crippen molar-refractivity contribution in [1.29, 1.82) is 0 Å². The Bertz CT molecular complexity index is 914. The van der Waals surface area contributed by atoms with E-state index in [0.29, 0.717) is 34.3 Å². The maximum Gasteiger partial charge on any atom is 0.252 e. The number of nitrogens with one attached hydrogen (secondary N) is 1. The summed E-state index contributed by atoms with van der Waals surface area (Å²) in [5.74, 6) is -0.589. The Kier molecular flexibility index (Phi) is 6.10. The van der Waals surface area contributed by atoms with Gasteiger partial charge < -0.3 is 10.2 Å². The first-order valence-corrected chi connectivity index (χ1v) is 11.3. The number of benzene rings is 1. The lowest BCUT2D eigenvalue weighted by molar-refractivity contribution is -0.120. The average molecular weight is 428 g/mol. The summed E-state index contributed by atoms with van der Waals surface area (Å²) in [6.45, 7) is 0.619. The monoisotopic (exact) mass is 427 g/mol. The van der Waals surface area contributed by atoms with Gasteiger partial charge in [0, 0.05) is 27.2 Å². The van der Waals surface area contributed by atoms with Crippen molar-refractivity contribution in [2.75, 3.05) is 37.4 Å². The van der Waals surface area contributed by atoms with Gasteiger partial charge in [-0.2, -0.15) is 4.31 Å². The lowest BCUT2D eigenvalue weighted by Gasteiger charge is -2.31. The van der Waals surface area contributed by atoms with E-state index < -0.39 is 15.9 Å². The molecule has 1 aromatic carbocycles. The van der Waals surface area contributed by atoms with Gasteiger partial charge in [0.2, 0.25) is 5.91 Å². The number of para-hydroxylation sites is 1. The van der Waals surface area contributed by atoms with Crippen molar-refractivity contribution in [3.63, 3.8) is 0 Å². The number of sulfonamides is 1. The van der Waals surface area contributed by atoms with Crippen molar-refractivity contribution in [2.24, 2.45) is 5.92 Å². The van der Waals surface area contributed by atoms with Crippen LogP contribution in [-0.4, -0.2) is 45.8 Å². The molecule has 1 aliphatic rings. The molecule has 2 heterocycles. The summed E-state index contributed by atoms with van der Waals surface area (Å²) in [7, 11) is 0.164. The zero-order chi connectivity index (χ0) is 19.6. The largest absolute Gasteiger partial charge is 0.375 e. The average Bonchev–Trinajstić information content (AvgIpc) is 3.17. The molecule has 3 rings (SSSR count). The Morgan fingerprint density at radius 2 is 2.07 bits per heavy atom. The minimum atomic E-state index is -3.54. The molecule has 1 atom stereocenters. The number of rotatable bonds is 5. The standard InChI is InChI=1S/C18H22ClN3O3S2/c1-21(2)17-14(19)7-3-8-15(17)20-18(23)13-6-4-10-22(12-13)27(24,25)16-9-5-11-26-16/h3,5,7-9,11,13H,4,6,10,12H2,1-2H3,(H,20,23). The smallest absolute Gasteiger partial charge is 0.252 e. The molecule has 1 fully saturated rings. The molecule has 0 saturated carbocycles. The highest BCUT2D eigenvalue weighted by Crippen LogP contribution is 2.33. The van der Waals surface area contributed by atoms with E-state index in [1.807, 2.05) is 19.0 Å². The minimum absolute atomic E-state index is 0.184. The lowest BCUT2D eigenvalue weighted by Crippen LogP contribution is -2.43. The number of amides is 1. The highest BCUT2D eigenvalue weighted by atomic mass is 35.5. The molecule has 0 radical (unpaired) electrons.